The van der Waals surface area contributed by atoms with Crippen molar-refractivity contribution < 1.29 is 0 Å². The smallest absolute Gasteiger partial charge is 0.0988 e. The zero-order chi connectivity index (χ0) is 26.6. The molecule has 0 bridgehead atoms. The molecular weight excluding hydrogens is 486 g/mol. The summed E-state index contributed by atoms with van der Waals surface area (Å²) in [4.78, 5) is 0. The van der Waals surface area contributed by atoms with E-state index in [0.717, 1.165) is 12.0 Å². The maximum atomic E-state index is 9.52. The zero-order valence-corrected chi connectivity index (χ0v) is 21.8. The number of aromatic nitrogens is 2. The van der Waals surface area contributed by atoms with Crippen LogP contribution in [0.2, 0.25) is 0 Å². The first-order chi connectivity index (χ1) is 19.8. The van der Waals surface area contributed by atoms with E-state index in [1.165, 1.54) is 60.4 Å². The number of fused-ring (bicyclic) bond motifs is 6. The van der Waals surface area contributed by atoms with Gasteiger partial charge in [-0.25, -0.2) is 0 Å². The minimum atomic E-state index is 0.119. The second-order valence-corrected chi connectivity index (χ2v) is 10.5. The molecule has 0 amide bonds. The van der Waals surface area contributed by atoms with Crippen LogP contribution in [0.1, 0.15) is 12.5 Å². The summed E-state index contributed by atoms with van der Waals surface area (Å²) in [5, 5.41) is 14.5. The highest BCUT2D eigenvalue weighted by Crippen LogP contribution is 2.39. The first kappa shape index (κ1) is 22.6. The molecule has 5 aromatic carbocycles. The van der Waals surface area contributed by atoms with Gasteiger partial charge in [0.1, 0.15) is 0 Å². The first-order valence-corrected chi connectivity index (χ1v) is 13.7. The molecule has 8 rings (SSSR count). The summed E-state index contributed by atoms with van der Waals surface area (Å²) < 4.78 is 4.75. The van der Waals surface area contributed by atoms with Crippen LogP contribution >= 0.6 is 0 Å². The Balaban J connectivity index is 1.33. The normalized spacial score (nSPS) is 15.2. The summed E-state index contributed by atoms with van der Waals surface area (Å²) in [7, 11) is 0. The van der Waals surface area contributed by atoms with E-state index in [1.807, 2.05) is 6.08 Å². The highest BCUT2D eigenvalue weighted by atomic mass is 15.0. The fraction of sp³-hybridized carbons (Fsp3) is 0.0541. The summed E-state index contributed by atoms with van der Waals surface area (Å²) in [5.41, 5.74) is 9.11. The number of nitriles is 1. The molecule has 0 saturated carbocycles. The van der Waals surface area contributed by atoms with E-state index in [0.29, 0.717) is 0 Å². The number of hydrogen-bond donors (Lipinski definition) is 0. The van der Waals surface area contributed by atoms with Crippen LogP contribution in [0, 0.1) is 11.3 Å². The van der Waals surface area contributed by atoms with Crippen LogP contribution in [0.3, 0.4) is 0 Å². The van der Waals surface area contributed by atoms with Gasteiger partial charge >= 0.3 is 0 Å². The second kappa shape index (κ2) is 8.86. The lowest BCUT2D eigenvalue weighted by atomic mass is 10.0. The van der Waals surface area contributed by atoms with E-state index in [9.17, 15) is 5.26 Å². The number of allylic oxidation sites excluding steroid dienone is 4. The van der Waals surface area contributed by atoms with Gasteiger partial charge in [-0.2, -0.15) is 5.26 Å². The molecule has 2 heterocycles. The van der Waals surface area contributed by atoms with Crippen molar-refractivity contribution >= 4 is 43.6 Å². The fourth-order valence-electron chi connectivity index (χ4n) is 6.47. The number of benzene rings is 5. The van der Waals surface area contributed by atoms with Crippen LogP contribution in [-0.2, 0) is 0 Å². The van der Waals surface area contributed by atoms with Gasteiger partial charge < -0.3 is 9.13 Å². The molecule has 0 fully saturated rings. The summed E-state index contributed by atoms with van der Waals surface area (Å²) in [6.45, 7) is 0. The molecule has 7 aromatic rings. The van der Waals surface area contributed by atoms with Crippen molar-refractivity contribution in [2.45, 2.75) is 12.5 Å². The monoisotopic (exact) mass is 511 g/mol. The Morgan fingerprint density at radius 1 is 0.600 bits per heavy atom. The molecule has 0 aliphatic heterocycles. The predicted molar refractivity (Wildman–Crippen MR) is 166 cm³/mol. The predicted octanol–water partition coefficient (Wildman–Crippen LogP) is 9.51. The summed E-state index contributed by atoms with van der Waals surface area (Å²) in [5.74, 6) is 0. The van der Waals surface area contributed by atoms with Gasteiger partial charge in [-0.3, -0.25) is 0 Å². The number of nitrogens with zero attached hydrogens (tertiary/aromatic N) is 3. The third-order valence-corrected chi connectivity index (χ3v) is 8.24. The SMILES string of the molecule is N#CC1=CC(n2c3ccccc3c3cc(-c4ccc5c(c4)c4ccccc4n5-c4ccccc4)ccc32)CC=C1. The van der Waals surface area contributed by atoms with Crippen molar-refractivity contribution in [3.05, 3.63) is 139 Å². The summed E-state index contributed by atoms with van der Waals surface area (Å²) in [6.07, 6.45) is 7.01. The first-order valence-electron chi connectivity index (χ1n) is 13.7. The number of rotatable bonds is 3. The summed E-state index contributed by atoms with van der Waals surface area (Å²) in [6, 6.07) is 44.0. The van der Waals surface area contributed by atoms with Crippen LogP contribution < -0.4 is 0 Å². The molecule has 40 heavy (non-hydrogen) atoms. The molecule has 0 spiro atoms. The molecule has 3 heteroatoms. The standard InChI is InChI=1S/C37H25N3/c38-24-25-9-8-12-29(21-25)40-35-16-7-5-14-31(35)33-23-27(18-20-37(33)40)26-17-19-36-32(22-26)30-13-4-6-15-34(30)39(36)28-10-2-1-3-11-28/h1-11,13-23,29H,12H2. The number of para-hydroxylation sites is 3. The van der Waals surface area contributed by atoms with Gasteiger partial charge in [0.05, 0.1) is 23.1 Å². The van der Waals surface area contributed by atoms with Gasteiger partial charge in [-0.15, -0.1) is 0 Å². The van der Waals surface area contributed by atoms with Gasteiger partial charge in [0, 0.05) is 43.8 Å². The molecule has 0 saturated heterocycles. The highest BCUT2D eigenvalue weighted by molar-refractivity contribution is 6.12. The quantitative estimate of drug-likeness (QED) is 0.233. The lowest BCUT2D eigenvalue weighted by Gasteiger charge is -2.19. The van der Waals surface area contributed by atoms with E-state index in [2.05, 4.69) is 143 Å². The van der Waals surface area contributed by atoms with Gasteiger partial charge in [0.2, 0.25) is 0 Å². The molecule has 1 aliphatic rings. The molecule has 0 radical (unpaired) electrons. The molecular formula is C37H25N3. The maximum Gasteiger partial charge on any atom is 0.0988 e. The van der Waals surface area contributed by atoms with Crippen LogP contribution in [0.25, 0.3) is 60.4 Å². The zero-order valence-electron chi connectivity index (χ0n) is 21.8. The van der Waals surface area contributed by atoms with Crippen molar-refractivity contribution in [1.82, 2.24) is 9.13 Å². The van der Waals surface area contributed by atoms with Gasteiger partial charge in [-0.1, -0.05) is 72.8 Å². The van der Waals surface area contributed by atoms with Gasteiger partial charge in [0.25, 0.3) is 0 Å². The molecule has 188 valence electrons. The Morgan fingerprint density at radius 3 is 1.93 bits per heavy atom. The number of hydrogen-bond acceptors (Lipinski definition) is 1. The Labute approximate surface area is 232 Å². The Kier molecular flexibility index (Phi) is 5.02. The van der Waals surface area contributed by atoms with E-state index < -0.39 is 0 Å². The molecule has 0 N–H and O–H groups in total. The average Bonchev–Trinajstić information content (AvgIpc) is 3.54. The molecule has 3 nitrogen and oxygen atoms in total. The Hall–Kier alpha value is -5.33. The van der Waals surface area contributed by atoms with E-state index in [4.69, 9.17) is 0 Å². The summed E-state index contributed by atoms with van der Waals surface area (Å²) >= 11 is 0. The topological polar surface area (TPSA) is 33.6 Å². The fourth-order valence-corrected chi connectivity index (χ4v) is 6.47. The average molecular weight is 512 g/mol. The molecule has 1 atom stereocenters. The van der Waals surface area contributed by atoms with E-state index >= 15 is 0 Å². The Morgan fingerprint density at radius 2 is 1.18 bits per heavy atom. The van der Waals surface area contributed by atoms with Crippen LogP contribution in [0.4, 0.5) is 0 Å². The van der Waals surface area contributed by atoms with Crippen molar-refractivity contribution in [1.29, 1.82) is 5.26 Å². The van der Waals surface area contributed by atoms with Crippen molar-refractivity contribution in [2.24, 2.45) is 0 Å². The Bertz CT molecular complexity index is 2200. The van der Waals surface area contributed by atoms with Crippen LogP contribution in [0.15, 0.2) is 139 Å². The largest absolute Gasteiger partial charge is 0.333 e. The van der Waals surface area contributed by atoms with Gasteiger partial charge in [-0.05, 0) is 78.2 Å². The second-order valence-electron chi connectivity index (χ2n) is 10.5. The highest BCUT2D eigenvalue weighted by Gasteiger charge is 2.19. The van der Waals surface area contributed by atoms with Crippen molar-refractivity contribution in [3.8, 4) is 22.9 Å². The van der Waals surface area contributed by atoms with Crippen LogP contribution in [0.5, 0.6) is 0 Å². The van der Waals surface area contributed by atoms with Gasteiger partial charge in [0.15, 0.2) is 0 Å². The van der Waals surface area contributed by atoms with E-state index in [1.54, 1.807) is 0 Å². The third kappa shape index (κ3) is 3.37. The molecule has 2 aromatic heterocycles. The van der Waals surface area contributed by atoms with E-state index in [-0.39, 0.29) is 6.04 Å². The van der Waals surface area contributed by atoms with Crippen molar-refractivity contribution in [2.75, 3.05) is 0 Å². The molecule has 1 aliphatic carbocycles. The van der Waals surface area contributed by atoms with Crippen LogP contribution in [-0.4, -0.2) is 9.13 Å². The lowest BCUT2D eigenvalue weighted by molar-refractivity contribution is 0.645. The minimum absolute atomic E-state index is 0.119. The van der Waals surface area contributed by atoms with Crippen molar-refractivity contribution in [3.63, 3.8) is 0 Å². The minimum Gasteiger partial charge on any atom is -0.333 e. The molecule has 1 unspecified atom stereocenters. The lowest BCUT2D eigenvalue weighted by Crippen LogP contribution is -2.08. The third-order valence-electron chi connectivity index (χ3n) is 8.24. The maximum absolute atomic E-state index is 9.52.